The molecule has 0 saturated heterocycles. The number of ether oxygens (including phenoxy) is 2. The molecule has 0 bridgehead atoms. The summed E-state index contributed by atoms with van der Waals surface area (Å²) in [4.78, 5) is 36.7. The number of para-hydroxylation sites is 1. The predicted molar refractivity (Wildman–Crippen MR) is 131 cm³/mol. The van der Waals surface area contributed by atoms with Crippen LogP contribution in [0.1, 0.15) is 39.4 Å². The average molecular weight is 504 g/mol. The Morgan fingerprint density at radius 2 is 1.94 bits per heavy atom. The lowest BCUT2D eigenvalue weighted by atomic mass is 10.1. The minimum absolute atomic E-state index is 0.00864. The van der Waals surface area contributed by atoms with Gasteiger partial charge in [0, 0.05) is 6.54 Å². The van der Waals surface area contributed by atoms with Crippen molar-refractivity contribution >= 4 is 45.9 Å². The van der Waals surface area contributed by atoms with Crippen LogP contribution in [0.3, 0.4) is 0 Å². The number of hydrogen-bond acceptors (Lipinski definition) is 9. The van der Waals surface area contributed by atoms with Gasteiger partial charge < -0.3 is 25.1 Å². The number of methoxy groups -OCH3 is 1. The quantitative estimate of drug-likeness (QED) is 0.317. The number of amides is 2. The Hall–Kier alpha value is -3.38. The van der Waals surface area contributed by atoms with Crippen LogP contribution in [-0.4, -0.2) is 52.0 Å². The molecule has 3 rings (SSSR count). The number of anilines is 1. The van der Waals surface area contributed by atoms with Crippen LogP contribution in [0, 0.1) is 6.92 Å². The summed E-state index contributed by atoms with van der Waals surface area (Å²) < 4.78 is 12.4. The molecule has 0 aliphatic carbocycles. The van der Waals surface area contributed by atoms with Crippen LogP contribution in [0.5, 0.6) is 5.75 Å². The third-order valence-electron chi connectivity index (χ3n) is 4.81. The number of nitrogens with two attached hydrogens (primary N) is 1. The van der Waals surface area contributed by atoms with Crippen LogP contribution in [0.4, 0.5) is 5.00 Å². The predicted octanol–water partition coefficient (Wildman–Crippen LogP) is 3.35. The average Bonchev–Trinajstić information content (AvgIpc) is 3.38. The van der Waals surface area contributed by atoms with E-state index >= 15 is 0 Å². The largest absolute Gasteiger partial charge is 0.493 e. The van der Waals surface area contributed by atoms with E-state index in [1.807, 2.05) is 42.7 Å². The molecule has 2 heterocycles. The molecule has 0 aliphatic heterocycles. The van der Waals surface area contributed by atoms with Crippen molar-refractivity contribution in [3.8, 4) is 17.1 Å². The number of thiophene rings is 1. The molecule has 34 heavy (non-hydrogen) atoms. The van der Waals surface area contributed by atoms with Crippen LogP contribution < -0.4 is 15.8 Å². The summed E-state index contributed by atoms with van der Waals surface area (Å²) in [6, 6.07) is 7.57. The number of benzene rings is 1. The second-order valence-corrected chi connectivity index (χ2v) is 8.90. The zero-order chi connectivity index (χ0) is 24.8. The highest BCUT2D eigenvalue weighted by atomic mass is 32.2. The van der Waals surface area contributed by atoms with Crippen molar-refractivity contribution in [1.29, 1.82) is 0 Å². The molecular formula is C22H25N5O5S2. The minimum Gasteiger partial charge on any atom is -0.493 e. The Morgan fingerprint density at radius 3 is 2.59 bits per heavy atom. The van der Waals surface area contributed by atoms with Gasteiger partial charge in [-0.05, 0) is 38.5 Å². The van der Waals surface area contributed by atoms with Crippen LogP contribution in [0.15, 0.2) is 29.4 Å². The first-order valence-electron chi connectivity index (χ1n) is 10.4. The van der Waals surface area contributed by atoms with Crippen molar-refractivity contribution in [2.24, 2.45) is 5.73 Å². The van der Waals surface area contributed by atoms with Crippen molar-refractivity contribution in [3.63, 3.8) is 0 Å². The minimum atomic E-state index is -0.682. The normalized spacial score (nSPS) is 10.7. The van der Waals surface area contributed by atoms with E-state index in [0.717, 1.165) is 16.9 Å². The maximum atomic E-state index is 12.7. The van der Waals surface area contributed by atoms with E-state index in [9.17, 15) is 14.4 Å². The lowest BCUT2D eigenvalue weighted by molar-refractivity contribution is -0.113. The molecule has 3 aromatic rings. The van der Waals surface area contributed by atoms with Gasteiger partial charge in [-0.1, -0.05) is 23.9 Å². The zero-order valence-corrected chi connectivity index (χ0v) is 20.8. The Bertz CT molecular complexity index is 1220. The van der Waals surface area contributed by atoms with E-state index in [-0.39, 0.29) is 27.1 Å². The topological polar surface area (TPSA) is 138 Å². The maximum absolute atomic E-state index is 12.7. The van der Waals surface area contributed by atoms with Gasteiger partial charge in [0.05, 0.1) is 35.5 Å². The molecule has 10 nitrogen and oxygen atoms in total. The number of esters is 1. The van der Waals surface area contributed by atoms with Crippen LogP contribution in [-0.2, 0) is 16.1 Å². The standard InChI is InChI=1S/C22H25N5O5S2/c1-5-27-19(13-9-7-8-10-14(13)32-6-2)25-26-22(27)33-11-15(28)24-20-16(21(30)31-4)12(3)17(34-20)18(23)29/h7-10H,5-6,11H2,1-4H3,(H2,23,29)(H,24,28). The Labute approximate surface area is 204 Å². The molecule has 0 atom stereocenters. The number of carbonyl (C=O) groups excluding carboxylic acids is 3. The fraction of sp³-hybridized carbons (Fsp3) is 0.318. The fourth-order valence-electron chi connectivity index (χ4n) is 3.29. The second kappa shape index (κ2) is 11.2. The molecule has 3 N–H and O–H groups in total. The number of carbonyl (C=O) groups is 3. The SMILES string of the molecule is CCOc1ccccc1-c1nnc(SCC(=O)Nc2sc(C(N)=O)c(C)c2C(=O)OC)n1CC. The Kier molecular flexibility index (Phi) is 8.29. The highest BCUT2D eigenvalue weighted by molar-refractivity contribution is 7.99. The number of nitrogens with one attached hydrogen (secondary N) is 1. The molecule has 2 aromatic heterocycles. The van der Waals surface area contributed by atoms with E-state index in [2.05, 4.69) is 15.5 Å². The number of primary amides is 1. The van der Waals surface area contributed by atoms with Gasteiger partial charge in [0.25, 0.3) is 5.91 Å². The molecule has 0 radical (unpaired) electrons. The van der Waals surface area contributed by atoms with E-state index in [1.165, 1.54) is 18.9 Å². The maximum Gasteiger partial charge on any atom is 0.341 e. The summed E-state index contributed by atoms with van der Waals surface area (Å²) >= 11 is 2.14. The molecule has 0 aliphatic rings. The monoisotopic (exact) mass is 503 g/mol. The van der Waals surface area contributed by atoms with Crippen molar-refractivity contribution in [3.05, 3.63) is 40.3 Å². The second-order valence-electron chi connectivity index (χ2n) is 6.93. The van der Waals surface area contributed by atoms with Gasteiger partial charge >= 0.3 is 5.97 Å². The molecule has 12 heteroatoms. The van der Waals surface area contributed by atoms with E-state index < -0.39 is 11.9 Å². The first-order valence-corrected chi connectivity index (χ1v) is 12.2. The molecule has 180 valence electrons. The third-order valence-corrected chi connectivity index (χ3v) is 6.99. The van der Waals surface area contributed by atoms with Gasteiger partial charge in [0.2, 0.25) is 5.91 Å². The number of thioether (sulfide) groups is 1. The molecular weight excluding hydrogens is 478 g/mol. The Morgan fingerprint density at radius 1 is 1.21 bits per heavy atom. The molecule has 0 fully saturated rings. The van der Waals surface area contributed by atoms with Gasteiger partial charge in [-0.2, -0.15) is 0 Å². The third kappa shape index (κ3) is 5.23. The van der Waals surface area contributed by atoms with E-state index in [1.54, 1.807) is 6.92 Å². The van der Waals surface area contributed by atoms with Gasteiger partial charge in [0.1, 0.15) is 10.8 Å². The number of hydrogen-bond donors (Lipinski definition) is 2. The van der Waals surface area contributed by atoms with Crippen molar-refractivity contribution in [1.82, 2.24) is 14.8 Å². The molecule has 0 saturated carbocycles. The summed E-state index contributed by atoms with van der Waals surface area (Å²) in [5, 5.41) is 12.0. The first-order chi connectivity index (χ1) is 16.3. The summed E-state index contributed by atoms with van der Waals surface area (Å²) in [6.45, 7) is 6.56. The summed E-state index contributed by atoms with van der Waals surface area (Å²) in [7, 11) is 1.23. The van der Waals surface area contributed by atoms with E-state index in [4.69, 9.17) is 15.2 Å². The van der Waals surface area contributed by atoms with Crippen LogP contribution >= 0.6 is 23.1 Å². The molecule has 2 amide bonds. The zero-order valence-electron chi connectivity index (χ0n) is 19.2. The fourth-order valence-corrected chi connectivity index (χ4v) is 5.16. The van der Waals surface area contributed by atoms with Crippen molar-refractivity contribution < 1.29 is 23.9 Å². The van der Waals surface area contributed by atoms with Gasteiger partial charge in [0.15, 0.2) is 11.0 Å². The molecule has 1 aromatic carbocycles. The van der Waals surface area contributed by atoms with E-state index in [0.29, 0.717) is 35.4 Å². The van der Waals surface area contributed by atoms with Gasteiger partial charge in [-0.3, -0.25) is 9.59 Å². The van der Waals surface area contributed by atoms with Crippen LogP contribution in [0.2, 0.25) is 0 Å². The van der Waals surface area contributed by atoms with Crippen LogP contribution in [0.25, 0.3) is 11.4 Å². The van der Waals surface area contributed by atoms with Gasteiger partial charge in [-0.15, -0.1) is 21.5 Å². The smallest absolute Gasteiger partial charge is 0.341 e. The highest BCUT2D eigenvalue weighted by Crippen LogP contribution is 2.34. The summed E-state index contributed by atoms with van der Waals surface area (Å²) in [5.41, 5.74) is 6.69. The highest BCUT2D eigenvalue weighted by Gasteiger charge is 2.25. The van der Waals surface area contributed by atoms with Crippen molar-refractivity contribution in [2.45, 2.75) is 32.5 Å². The van der Waals surface area contributed by atoms with Crippen molar-refractivity contribution in [2.75, 3.05) is 24.8 Å². The van der Waals surface area contributed by atoms with Gasteiger partial charge in [-0.25, -0.2) is 4.79 Å². The first kappa shape index (κ1) is 25.2. The molecule has 0 unspecified atom stereocenters. The number of aromatic nitrogens is 3. The summed E-state index contributed by atoms with van der Waals surface area (Å²) in [5.74, 6) is -0.368. The summed E-state index contributed by atoms with van der Waals surface area (Å²) in [6.07, 6.45) is 0. The Balaban J connectivity index is 1.79. The lowest BCUT2D eigenvalue weighted by Gasteiger charge is -2.11. The molecule has 0 spiro atoms. The number of nitrogens with zero attached hydrogens (tertiary/aromatic N) is 3. The number of rotatable bonds is 10. The lowest BCUT2D eigenvalue weighted by Crippen LogP contribution is -2.16.